The van der Waals surface area contributed by atoms with E-state index in [1.807, 2.05) is 19.9 Å². The van der Waals surface area contributed by atoms with Crippen LogP contribution in [0, 0.1) is 11.7 Å². The van der Waals surface area contributed by atoms with Crippen LogP contribution in [0.15, 0.2) is 23.2 Å². The smallest absolute Gasteiger partial charge is 0.216 e. The van der Waals surface area contributed by atoms with Gasteiger partial charge in [0.2, 0.25) is 5.91 Å². The van der Waals surface area contributed by atoms with E-state index in [-0.39, 0.29) is 17.8 Å². The summed E-state index contributed by atoms with van der Waals surface area (Å²) in [6, 6.07) is 4.93. The molecule has 3 N–H and O–H groups in total. The topological polar surface area (TPSA) is 74.8 Å². The van der Waals surface area contributed by atoms with Crippen molar-refractivity contribution >= 4 is 11.9 Å². The minimum Gasteiger partial charge on any atom is -0.490 e. The van der Waals surface area contributed by atoms with Gasteiger partial charge in [0, 0.05) is 20.0 Å². The van der Waals surface area contributed by atoms with Crippen molar-refractivity contribution in [3.63, 3.8) is 0 Å². The molecule has 1 unspecified atom stereocenters. The number of halogens is 1. The van der Waals surface area contributed by atoms with Gasteiger partial charge in [-0.2, -0.15) is 0 Å². The van der Waals surface area contributed by atoms with Crippen LogP contribution in [0.25, 0.3) is 0 Å². The van der Waals surface area contributed by atoms with Gasteiger partial charge < -0.3 is 20.7 Å². The Bertz CT molecular complexity index is 632. The van der Waals surface area contributed by atoms with Gasteiger partial charge in [-0.1, -0.05) is 6.07 Å². The maximum Gasteiger partial charge on any atom is 0.216 e. The summed E-state index contributed by atoms with van der Waals surface area (Å²) < 4.78 is 19.8. The first-order chi connectivity index (χ1) is 12.5. The highest BCUT2D eigenvalue weighted by Gasteiger charge is 2.22. The summed E-state index contributed by atoms with van der Waals surface area (Å²) in [7, 11) is 0. The summed E-state index contributed by atoms with van der Waals surface area (Å²) in [6.45, 7) is 7.63. The molecule has 1 saturated carbocycles. The quantitative estimate of drug-likeness (QED) is 0.357. The van der Waals surface area contributed by atoms with E-state index in [9.17, 15) is 9.18 Å². The van der Waals surface area contributed by atoms with Crippen LogP contribution in [0.5, 0.6) is 5.75 Å². The molecule has 1 aromatic rings. The van der Waals surface area contributed by atoms with Crippen molar-refractivity contribution < 1.29 is 13.9 Å². The van der Waals surface area contributed by atoms with Crippen LogP contribution in [0.4, 0.5) is 4.39 Å². The Morgan fingerprint density at radius 1 is 1.38 bits per heavy atom. The number of hydrogen-bond donors (Lipinski definition) is 3. The highest BCUT2D eigenvalue weighted by atomic mass is 19.1. The predicted molar refractivity (Wildman–Crippen MR) is 101 cm³/mol. The number of ether oxygens (including phenoxy) is 1. The lowest BCUT2D eigenvalue weighted by Gasteiger charge is -2.19. The van der Waals surface area contributed by atoms with E-state index in [2.05, 4.69) is 20.9 Å². The van der Waals surface area contributed by atoms with Gasteiger partial charge in [0.15, 0.2) is 17.5 Å². The first-order valence-electron chi connectivity index (χ1n) is 9.21. The zero-order chi connectivity index (χ0) is 18.9. The fourth-order valence-corrected chi connectivity index (χ4v) is 2.40. The van der Waals surface area contributed by atoms with Crippen molar-refractivity contribution in [1.29, 1.82) is 0 Å². The van der Waals surface area contributed by atoms with Crippen LogP contribution in [-0.2, 0) is 4.79 Å². The maximum atomic E-state index is 14.3. The number of aliphatic imine (C=N–C) groups is 1. The average Bonchev–Trinajstić information content (AvgIpc) is 3.41. The molecule has 2 rings (SSSR count). The molecule has 26 heavy (non-hydrogen) atoms. The van der Waals surface area contributed by atoms with E-state index in [4.69, 9.17) is 4.74 Å². The largest absolute Gasteiger partial charge is 0.490 e. The van der Waals surface area contributed by atoms with Crippen molar-refractivity contribution in [2.45, 2.75) is 39.7 Å². The molecule has 1 aromatic carbocycles. The van der Waals surface area contributed by atoms with Gasteiger partial charge in [-0.15, -0.1) is 0 Å². The SMILES string of the molecule is CCNC(=NCCNC(C)=O)NC(C)c1ccc(OCC2CC2)c(F)c1. The van der Waals surface area contributed by atoms with E-state index < -0.39 is 0 Å². The van der Waals surface area contributed by atoms with Crippen molar-refractivity contribution in [3.05, 3.63) is 29.6 Å². The van der Waals surface area contributed by atoms with Gasteiger partial charge in [-0.3, -0.25) is 9.79 Å². The Kier molecular flexibility index (Phi) is 7.69. The molecule has 1 amide bonds. The van der Waals surface area contributed by atoms with Crippen molar-refractivity contribution in [2.24, 2.45) is 10.9 Å². The Morgan fingerprint density at radius 2 is 2.15 bits per heavy atom. The Labute approximate surface area is 154 Å². The fourth-order valence-electron chi connectivity index (χ4n) is 2.40. The van der Waals surface area contributed by atoms with Gasteiger partial charge in [0.05, 0.1) is 19.2 Å². The Hall–Kier alpha value is -2.31. The zero-order valence-corrected chi connectivity index (χ0v) is 15.8. The van der Waals surface area contributed by atoms with Gasteiger partial charge in [0.25, 0.3) is 0 Å². The molecule has 1 aliphatic rings. The van der Waals surface area contributed by atoms with E-state index in [1.54, 1.807) is 6.07 Å². The first-order valence-corrected chi connectivity index (χ1v) is 9.21. The second-order valence-electron chi connectivity index (χ2n) is 6.55. The molecule has 0 aromatic heterocycles. The molecule has 0 radical (unpaired) electrons. The number of carbonyl (C=O) groups is 1. The highest BCUT2D eigenvalue weighted by molar-refractivity contribution is 5.80. The molecule has 7 heteroatoms. The average molecular weight is 364 g/mol. The maximum absolute atomic E-state index is 14.3. The number of nitrogens with one attached hydrogen (secondary N) is 3. The van der Waals surface area contributed by atoms with E-state index in [0.29, 0.717) is 43.9 Å². The van der Waals surface area contributed by atoms with Crippen molar-refractivity contribution in [3.8, 4) is 5.75 Å². The third kappa shape index (κ3) is 6.90. The third-order valence-corrected chi connectivity index (χ3v) is 4.08. The molecule has 0 heterocycles. The molecule has 0 aliphatic heterocycles. The fraction of sp³-hybridized carbons (Fsp3) is 0.579. The van der Waals surface area contributed by atoms with Crippen LogP contribution in [0.3, 0.4) is 0 Å². The Balaban J connectivity index is 1.91. The van der Waals surface area contributed by atoms with Gasteiger partial charge in [-0.05, 0) is 50.3 Å². The lowest BCUT2D eigenvalue weighted by Crippen LogP contribution is -2.39. The molecular weight excluding hydrogens is 335 g/mol. The molecule has 0 spiro atoms. The van der Waals surface area contributed by atoms with Crippen LogP contribution in [-0.4, -0.2) is 38.1 Å². The van der Waals surface area contributed by atoms with Crippen molar-refractivity contribution in [1.82, 2.24) is 16.0 Å². The summed E-state index contributed by atoms with van der Waals surface area (Å²) >= 11 is 0. The number of carbonyl (C=O) groups excluding carboxylic acids is 1. The molecule has 6 nitrogen and oxygen atoms in total. The first kappa shape index (κ1) is 20.0. The van der Waals surface area contributed by atoms with E-state index in [0.717, 1.165) is 5.56 Å². The summed E-state index contributed by atoms with van der Waals surface area (Å²) in [5.41, 5.74) is 0.814. The number of benzene rings is 1. The molecule has 1 atom stereocenters. The van der Waals surface area contributed by atoms with Gasteiger partial charge in [0.1, 0.15) is 0 Å². The van der Waals surface area contributed by atoms with Crippen molar-refractivity contribution in [2.75, 3.05) is 26.2 Å². The number of hydrogen-bond acceptors (Lipinski definition) is 3. The summed E-state index contributed by atoms with van der Waals surface area (Å²) in [4.78, 5) is 15.3. The molecule has 1 aliphatic carbocycles. The number of rotatable bonds is 9. The molecule has 0 saturated heterocycles. The zero-order valence-electron chi connectivity index (χ0n) is 15.8. The molecule has 1 fully saturated rings. The third-order valence-electron chi connectivity index (χ3n) is 4.08. The minimum absolute atomic E-state index is 0.0778. The number of guanidine groups is 1. The highest BCUT2D eigenvalue weighted by Crippen LogP contribution is 2.30. The van der Waals surface area contributed by atoms with Crippen LogP contribution >= 0.6 is 0 Å². The molecular formula is C19H29FN4O2. The second-order valence-corrected chi connectivity index (χ2v) is 6.55. The summed E-state index contributed by atoms with van der Waals surface area (Å²) in [6.07, 6.45) is 2.35. The minimum atomic E-state index is -0.343. The number of nitrogens with zero attached hydrogens (tertiary/aromatic N) is 1. The predicted octanol–water partition coefficient (Wildman–Crippen LogP) is 2.37. The monoisotopic (exact) mass is 364 g/mol. The lowest BCUT2D eigenvalue weighted by molar-refractivity contribution is -0.118. The summed E-state index contributed by atoms with van der Waals surface area (Å²) in [5.74, 6) is 1.10. The van der Waals surface area contributed by atoms with Gasteiger partial charge in [-0.25, -0.2) is 4.39 Å². The van der Waals surface area contributed by atoms with E-state index in [1.165, 1.54) is 25.8 Å². The number of amides is 1. The normalized spacial score (nSPS) is 15.3. The molecule has 0 bridgehead atoms. The molecule has 144 valence electrons. The van der Waals surface area contributed by atoms with E-state index >= 15 is 0 Å². The second kappa shape index (κ2) is 9.99. The van der Waals surface area contributed by atoms with Crippen LogP contribution in [0.2, 0.25) is 0 Å². The van der Waals surface area contributed by atoms with Gasteiger partial charge >= 0.3 is 0 Å². The standard InChI is InChI=1S/C19H29FN4O2/c1-4-21-19(23-10-9-22-14(3)25)24-13(2)16-7-8-18(17(20)11-16)26-12-15-5-6-15/h7-8,11,13,15H,4-6,9-10,12H2,1-3H3,(H,22,25)(H2,21,23,24). The van der Waals surface area contributed by atoms with Crippen LogP contribution < -0.4 is 20.7 Å². The van der Waals surface area contributed by atoms with Crippen LogP contribution in [0.1, 0.15) is 45.2 Å². The Morgan fingerprint density at radius 3 is 2.77 bits per heavy atom. The summed E-state index contributed by atoms with van der Waals surface area (Å²) in [5, 5.41) is 9.09. The lowest BCUT2D eigenvalue weighted by atomic mass is 10.1.